The molecule has 0 unspecified atom stereocenters. The summed E-state index contributed by atoms with van der Waals surface area (Å²) in [7, 11) is 0. The summed E-state index contributed by atoms with van der Waals surface area (Å²) in [4.78, 5) is 24.3. The van der Waals surface area contributed by atoms with Gasteiger partial charge in [0.05, 0.1) is 6.07 Å². The molecule has 5 heteroatoms. The number of aromatic hydroxyl groups is 1. The van der Waals surface area contributed by atoms with Crippen LogP contribution in [0.4, 0.5) is 0 Å². The largest absolute Gasteiger partial charge is 0.507 e. The summed E-state index contributed by atoms with van der Waals surface area (Å²) >= 11 is 0. The van der Waals surface area contributed by atoms with Crippen LogP contribution in [0.5, 0.6) is 5.75 Å². The lowest BCUT2D eigenvalue weighted by Crippen LogP contribution is -2.23. The van der Waals surface area contributed by atoms with Crippen LogP contribution in [0.3, 0.4) is 0 Å². The van der Waals surface area contributed by atoms with Crippen LogP contribution in [0, 0.1) is 0 Å². The van der Waals surface area contributed by atoms with E-state index in [-0.39, 0.29) is 22.3 Å². The number of unbranched alkanes of at least 4 members (excludes halogenated alkanes) is 1. The summed E-state index contributed by atoms with van der Waals surface area (Å²) in [6.07, 6.45) is 2.56. The van der Waals surface area contributed by atoms with Gasteiger partial charge in [0.1, 0.15) is 16.7 Å². The summed E-state index contributed by atoms with van der Waals surface area (Å²) in [6, 6.07) is 11.8. The molecule has 3 aromatic rings. The smallest absolute Gasteiger partial charge is 0.339 e. The number of hydrogen-bond donors (Lipinski definition) is 1. The molecule has 0 radical (unpaired) electrons. The molecule has 0 aliphatic rings. The number of benzene rings is 1. The van der Waals surface area contributed by atoms with E-state index >= 15 is 0 Å². The Labute approximate surface area is 132 Å². The van der Waals surface area contributed by atoms with E-state index in [0.29, 0.717) is 6.42 Å². The standard InChI is InChI=1S/C18H17NO4/c1-2-3-7-13-10-15-17(14(20)11-16(21)23-15)18(22)19(13)12-8-5-4-6-9-12/h4-6,8-11,20H,2-3,7H2,1H3. The van der Waals surface area contributed by atoms with Crippen molar-refractivity contribution in [1.82, 2.24) is 4.57 Å². The fourth-order valence-corrected chi connectivity index (χ4v) is 2.68. The van der Waals surface area contributed by atoms with Crippen LogP contribution < -0.4 is 11.2 Å². The van der Waals surface area contributed by atoms with Crippen molar-refractivity contribution in [3.05, 3.63) is 68.9 Å². The normalized spacial score (nSPS) is 11.0. The highest BCUT2D eigenvalue weighted by atomic mass is 16.4. The van der Waals surface area contributed by atoms with Gasteiger partial charge in [-0.25, -0.2) is 4.79 Å². The van der Waals surface area contributed by atoms with Crippen molar-refractivity contribution in [2.75, 3.05) is 0 Å². The van der Waals surface area contributed by atoms with Crippen molar-refractivity contribution in [2.45, 2.75) is 26.2 Å². The van der Waals surface area contributed by atoms with Crippen molar-refractivity contribution in [1.29, 1.82) is 0 Å². The summed E-state index contributed by atoms with van der Waals surface area (Å²) in [6.45, 7) is 2.07. The monoisotopic (exact) mass is 311 g/mol. The molecule has 0 saturated heterocycles. The molecule has 0 saturated carbocycles. The quantitative estimate of drug-likeness (QED) is 0.804. The van der Waals surface area contributed by atoms with Crippen LogP contribution in [0.15, 0.2) is 56.5 Å². The van der Waals surface area contributed by atoms with Gasteiger partial charge < -0.3 is 9.52 Å². The Morgan fingerprint density at radius 3 is 2.57 bits per heavy atom. The average Bonchev–Trinajstić information content (AvgIpc) is 2.52. The molecule has 1 aromatic carbocycles. The van der Waals surface area contributed by atoms with Gasteiger partial charge in [-0.1, -0.05) is 31.5 Å². The Morgan fingerprint density at radius 2 is 1.87 bits per heavy atom. The van der Waals surface area contributed by atoms with E-state index in [2.05, 4.69) is 6.92 Å². The predicted molar refractivity (Wildman–Crippen MR) is 88.4 cm³/mol. The molecule has 0 fully saturated rings. The Kier molecular flexibility index (Phi) is 4.02. The molecule has 118 valence electrons. The highest BCUT2D eigenvalue weighted by Gasteiger charge is 2.16. The third-order valence-corrected chi connectivity index (χ3v) is 3.77. The number of hydrogen-bond acceptors (Lipinski definition) is 4. The predicted octanol–water partition coefficient (Wildman–Crippen LogP) is 2.99. The van der Waals surface area contributed by atoms with Crippen molar-refractivity contribution in [3.63, 3.8) is 0 Å². The molecule has 0 atom stereocenters. The van der Waals surface area contributed by atoms with E-state index in [9.17, 15) is 14.7 Å². The minimum Gasteiger partial charge on any atom is -0.507 e. The molecule has 2 aromatic heterocycles. The second kappa shape index (κ2) is 6.12. The van der Waals surface area contributed by atoms with Crippen molar-refractivity contribution >= 4 is 11.0 Å². The minimum atomic E-state index is -0.673. The lowest BCUT2D eigenvalue weighted by molar-refractivity contribution is 0.466. The molecule has 3 rings (SSSR count). The van der Waals surface area contributed by atoms with Crippen LogP contribution in [-0.4, -0.2) is 9.67 Å². The van der Waals surface area contributed by atoms with Gasteiger partial charge in [-0.15, -0.1) is 0 Å². The summed E-state index contributed by atoms with van der Waals surface area (Å²) in [5.74, 6) is -0.354. The van der Waals surface area contributed by atoms with Crippen LogP contribution in [0.1, 0.15) is 25.5 Å². The van der Waals surface area contributed by atoms with Crippen molar-refractivity contribution in [3.8, 4) is 11.4 Å². The van der Waals surface area contributed by atoms with Gasteiger partial charge in [0.25, 0.3) is 5.56 Å². The average molecular weight is 311 g/mol. The Morgan fingerprint density at radius 1 is 1.13 bits per heavy atom. The highest BCUT2D eigenvalue weighted by molar-refractivity contribution is 5.82. The van der Waals surface area contributed by atoms with Crippen LogP contribution in [-0.2, 0) is 6.42 Å². The number of nitrogens with zero attached hydrogens (tertiary/aromatic N) is 1. The fourth-order valence-electron chi connectivity index (χ4n) is 2.68. The molecular weight excluding hydrogens is 294 g/mol. The molecule has 1 N–H and O–H groups in total. The van der Waals surface area contributed by atoms with E-state index in [1.54, 1.807) is 10.6 Å². The highest BCUT2D eigenvalue weighted by Crippen LogP contribution is 2.22. The van der Waals surface area contributed by atoms with Gasteiger partial charge in [-0.05, 0) is 25.0 Å². The van der Waals surface area contributed by atoms with Gasteiger partial charge in [0, 0.05) is 17.4 Å². The third kappa shape index (κ3) is 2.77. The van der Waals surface area contributed by atoms with E-state index in [1.807, 2.05) is 30.3 Å². The van der Waals surface area contributed by atoms with Crippen LogP contribution in [0.2, 0.25) is 0 Å². The van der Waals surface area contributed by atoms with Gasteiger partial charge in [-0.2, -0.15) is 0 Å². The van der Waals surface area contributed by atoms with Crippen molar-refractivity contribution in [2.24, 2.45) is 0 Å². The zero-order chi connectivity index (χ0) is 16.4. The maximum absolute atomic E-state index is 12.9. The molecule has 5 nitrogen and oxygen atoms in total. The van der Waals surface area contributed by atoms with Gasteiger partial charge in [0.15, 0.2) is 0 Å². The van der Waals surface area contributed by atoms with Crippen LogP contribution >= 0.6 is 0 Å². The number of aryl methyl sites for hydroxylation is 1. The first-order chi connectivity index (χ1) is 11.1. The zero-order valence-electron chi connectivity index (χ0n) is 12.8. The maximum Gasteiger partial charge on any atom is 0.339 e. The SMILES string of the molecule is CCCCc1cc2oc(=O)cc(O)c2c(=O)n1-c1ccccc1. The van der Waals surface area contributed by atoms with Gasteiger partial charge in [0.2, 0.25) is 0 Å². The van der Waals surface area contributed by atoms with Crippen LogP contribution in [0.25, 0.3) is 16.7 Å². The Hall–Kier alpha value is -2.82. The summed E-state index contributed by atoms with van der Waals surface area (Å²) < 4.78 is 6.67. The fraction of sp³-hybridized carbons (Fsp3) is 0.222. The zero-order valence-corrected chi connectivity index (χ0v) is 12.8. The molecule has 2 heterocycles. The first-order valence-corrected chi connectivity index (χ1v) is 7.59. The number of aromatic nitrogens is 1. The second-order valence-electron chi connectivity index (χ2n) is 5.41. The summed E-state index contributed by atoms with van der Waals surface area (Å²) in [5.41, 5.74) is 0.535. The molecular formula is C18H17NO4. The number of pyridine rings is 1. The van der Waals surface area contributed by atoms with Gasteiger partial charge >= 0.3 is 5.63 Å². The molecule has 0 amide bonds. The molecule has 23 heavy (non-hydrogen) atoms. The molecule has 0 aliphatic carbocycles. The first kappa shape index (κ1) is 15.1. The summed E-state index contributed by atoms with van der Waals surface area (Å²) in [5, 5.41) is 10.0. The lowest BCUT2D eigenvalue weighted by Gasteiger charge is -2.14. The third-order valence-electron chi connectivity index (χ3n) is 3.77. The van der Waals surface area contributed by atoms with Gasteiger partial charge in [-0.3, -0.25) is 9.36 Å². The van der Waals surface area contributed by atoms with Crippen molar-refractivity contribution < 1.29 is 9.52 Å². The molecule has 0 bridgehead atoms. The topological polar surface area (TPSA) is 72.4 Å². The number of para-hydroxylation sites is 1. The van der Waals surface area contributed by atoms with E-state index in [4.69, 9.17) is 4.42 Å². The van der Waals surface area contributed by atoms with E-state index in [1.165, 1.54) is 0 Å². The Bertz CT molecular complexity index is 954. The maximum atomic E-state index is 12.9. The second-order valence-corrected chi connectivity index (χ2v) is 5.41. The number of fused-ring (bicyclic) bond motifs is 1. The number of rotatable bonds is 4. The van der Waals surface area contributed by atoms with E-state index < -0.39 is 5.63 Å². The minimum absolute atomic E-state index is 0.0219. The van der Waals surface area contributed by atoms with E-state index in [0.717, 1.165) is 30.3 Å². The molecule has 0 spiro atoms. The Balaban J connectivity index is 2.38. The first-order valence-electron chi connectivity index (χ1n) is 7.59. The lowest BCUT2D eigenvalue weighted by atomic mass is 10.1. The molecule has 0 aliphatic heterocycles.